The van der Waals surface area contributed by atoms with E-state index < -0.39 is 0 Å². The van der Waals surface area contributed by atoms with Gasteiger partial charge in [-0.3, -0.25) is 4.79 Å². The lowest BCUT2D eigenvalue weighted by molar-refractivity contribution is -0.136. The van der Waals surface area contributed by atoms with Gasteiger partial charge in [-0.05, 0) is 32.0 Å². The minimum absolute atomic E-state index is 0.0911. The van der Waals surface area contributed by atoms with E-state index in [1.165, 1.54) is 0 Å². The number of amides is 1. The zero-order chi connectivity index (χ0) is 16.9. The normalized spacial score (nSPS) is 17.6. The summed E-state index contributed by atoms with van der Waals surface area (Å²) in [6.07, 6.45) is 1.85. The van der Waals surface area contributed by atoms with E-state index in [9.17, 15) is 4.79 Å². The molecule has 1 amide bonds. The van der Waals surface area contributed by atoms with Crippen molar-refractivity contribution in [1.82, 2.24) is 14.9 Å². The summed E-state index contributed by atoms with van der Waals surface area (Å²) in [6, 6.07) is 9.78. The third kappa shape index (κ3) is 4.08. The van der Waals surface area contributed by atoms with Crippen LogP contribution in [-0.4, -0.2) is 53.1 Å². The summed E-state index contributed by atoms with van der Waals surface area (Å²) in [4.78, 5) is 22.7. The van der Waals surface area contributed by atoms with E-state index in [1.807, 2.05) is 49.1 Å². The molecule has 1 aromatic heterocycles. The third-order valence-corrected chi connectivity index (χ3v) is 3.97. The van der Waals surface area contributed by atoms with Gasteiger partial charge >= 0.3 is 0 Å². The van der Waals surface area contributed by atoms with Gasteiger partial charge in [0.25, 0.3) is 0 Å². The Morgan fingerprint density at radius 2 is 2.29 bits per heavy atom. The number of benzene rings is 1. The Morgan fingerprint density at radius 3 is 3.08 bits per heavy atom. The Bertz CT molecular complexity index is 720. The van der Waals surface area contributed by atoms with Gasteiger partial charge in [-0.25, -0.2) is 9.97 Å². The molecule has 24 heavy (non-hydrogen) atoms. The third-order valence-electron chi connectivity index (χ3n) is 3.97. The highest BCUT2D eigenvalue weighted by atomic mass is 16.5. The summed E-state index contributed by atoms with van der Waals surface area (Å²) in [7, 11) is 0. The van der Waals surface area contributed by atoms with Gasteiger partial charge in [0.05, 0.1) is 24.9 Å². The fourth-order valence-corrected chi connectivity index (χ4v) is 2.74. The number of nitrogens with zero attached hydrogens (tertiary/aromatic N) is 3. The predicted octanol–water partition coefficient (Wildman–Crippen LogP) is 2.11. The molecule has 1 atom stereocenters. The number of anilines is 1. The Morgan fingerprint density at radius 1 is 1.42 bits per heavy atom. The fraction of sp³-hybridized carbons (Fsp3) is 0.389. The Kier molecular flexibility index (Phi) is 5.05. The number of aryl methyl sites for hydroxylation is 1. The van der Waals surface area contributed by atoms with Crippen LogP contribution in [0.3, 0.4) is 0 Å². The molecule has 0 unspecified atom stereocenters. The fourth-order valence-electron chi connectivity index (χ4n) is 2.74. The molecule has 3 rings (SSSR count). The summed E-state index contributed by atoms with van der Waals surface area (Å²) in [5.41, 5.74) is 2.77. The van der Waals surface area contributed by atoms with Crippen molar-refractivity contribution < 1.29 is 9.53 Å². The van der Waals surface area contributed by atoms with E-state index in [2.05, 4.69) is 15.3 Å². The van der Waals surface area contributed by atoms with E-state index in [-0.39, 0.29) is 18.6 Å². The van der Waals surface area contributed by atoms with Crippen LogP contribution in [-0.2, 0) is 9.53 Å². The first-order valence-corrected chi connectivity index (χ1v) is 8.15. The van der Waals surface area contributed by atoms with Gasteiger partial charge in [-0.15, -0.1) is 0 Å². The number of aromatic nitrogens is 2. The van der Waals surface area contributed by atoms with Crippen LogP contribution in [0.4, 0.5) is 5.69 Å². The summed E-state index contributed by atoms with van der Waals surface area (Å²) >= 11 is 0. The molecule has 1 saturated heterocycles. The number of hydrogen-bond donors (Lipinski definition) is 1. The van der Waals surface area contributed by atoms with Gasteiger partial charge in [0, 0.05) is 30.5 Å². The lowest BCUT2D eigenvalue weighted by Gasteiger charge is -2.31. The number of nitrogens with one attached hydrogen (secondary N) is 1. The average Bonchev–Trinajstić information content (AvgIpc) is 2.60. The van der Waals surface area contributed by atoms with E-state index in [0.29, 0.717) is 19.7 Å². The SMILES string of the molecule is Cc1nccc(-c2cccc(NCC(=O)N3CCO[C@H](C)C3)c2)n1. The van der Waals surface area contributed by atoms with Crippen LogP contribution in [0.5, 0.6) is 0 Å². The molecule has 0 saturated carbocycles. The molecule has 0 radical (unpaired) electrons. The Labute approximate surface area is 141 Å². The molecule has 1 fully saturated rings. The van der Waals surface area contributed by atoms with Crippen molar-refractivity contribution in [2.75, 3.05) is 31.6 Å². The van der Waals surface area contributed by atoms with Crippen molar-refractivity contribution >= 4 is 11.6 Å². The molecule has 126 valence electrons. The molecular weight excluding hydrogens is 304 g/mol. The van der Waals surface area contributed by atoms with Crippen LogP contribution in [0.25, 0.3) is 11.3 Å². The monoisotopic (exact) mass is 326 g/mol. The second kappa shape index (κ2) is 7.40. The van der Waals surface area contributed by atoms with E-state index in [0.717, 1.165) is 22.8 Å². The Balaban J connectivity index is 1.63. The van der Waals surface area contributed by atoms with Crippen LogP contribution in [0.15, 0.2) is 36.5 Å². The maximum Gasteiger partial charge on any atom is 0.242 e. The highest BCUT2D eigenvalue weighted by Gasteiger charge is 2.20. The van der Waals surface area contributed by atoms with Crippen molar-refractivity contribution in [1.29, 1.82) is 0 Å². The molecule has 2 aromatic rings. The van der Waals surface area contributed by atoms with Crippen LogP contribution in [0.1, 0.15) is 12.7 Å². The minimum Gasteiger partial charge on any atom is -0.376 e. The standard InChI is InChI=1S/C18H22N4O2/c1-13-12-22(8-9-24-13)18(23)11-20-16-5-3-4-15(10-16)17-6-7-19-14(2)21-17/h3-7,10,13,20H,8-9,11-12H2,1-2H3/t13-/m1/s1. The molecular formula is C18H22N4O2. The van der Waals surface area contributed by atoms with Crippen LogP contribution < -0.4 is 5.32 Å². The molecule has 1 N–H and O–H groups in total. The van der Waals surface area contributed by atoms with Crippen molar-refractivity contribution in [3.63, 3.8) is 0 Å². The maximum absolute atomic E-state index is 12.3. The lowest BCUT2D eigenvalue weighted by atomic mass is 10.1. The molecule has 6 heteroatoms. The molecule has 1 aliphatic heterocycles. The van der Waals surface area contributed by atoms with Gasteiger partial charge < -0.3 is 15.0 Å². The number of carbonyl (C=O) groups is 1. The van der Waals surface area contributed by atoms with Gasteiger partial charge in [-0.1, -0.05) is 12.1 Å². The van der Waals surface area contributed by atoms with Crippen LogP contribution >= 0.6 is 0 Å². The molecule has 0 bridgehead atoms. The van der Waals surface area contributed by atoms with Crippen LogP contribution in [0.2, 0.25) is 0 Å². The van der Waals surface area contributed by atoms with E-state index in [1.54, 1.807) is 6.20 Å². The first-order valence-electron chi connectivity index (χ1n) is 8.15. The van der Waals surface area contributed by atoms with Crippen molar-refractivity contribution in [2.24, 2.45) is 0 Å². The van der Waals surface area contributed by atoms with Crippen molar-refractivity contribution in [3.8, 4) is 11.3 Å². The second-order valence-electron chi connectivity index (χ2n) is 5.94. The second-order valence-corrected chi connectivity index (χ2v) is 5.94. The van der Waals surface area contributed by atoms with E-state index in [4.69, 9.17) is 4.74 Å². The van der Waals surface area contributed by atoms with E-state index >= 15 is 0 Å². The topological polar surface area (TPSA) is 67.4 Å². The predicted molar refractivity (Wildman–Crippen MR) is 92.7 cm³/mol. The zero-order valence-electron chi connectivity index (χ0n) is 14.0. The van der Waals surface area contributed by atoms with Gasteiger partial charge in [0.1, 0.15) is 5.82 Å². The molecule has 6 nitrogen and oxygen atoms in total. The molecule has 1 aromatic carbocycles. The van der Waals surface area contributed by atoms with Gasteiger partial charge in [0.15, 0.2) is 0 Å². The highest BCUT2D eigenvalue weighted by molar-refractivity contribution is 5.81. The maximum atomic E-state index is 12.3. The number of ether oxygens (including phenoxy) is 1. The smallest absolute Gasteiger partial charge is 0.242 e. The zero-order valence-corrected chi connectivity index (χ0v) is 14.0. The number of hydrogen-bond acceptors (Lipinski definition) is 5. The summed E-state index contributed by atoms with van der Waals surface area (Å²) in [6.45, 7) is 6.05. The molecule has 1 aliphatic rings. The minimum atomic E-state index is 0.0911. The number of carbonyl (C=O) groups excluding carboxylic acids is 1. The summed E-state index contributed by atoms with van der Waals surface area (Å²) in [5, 5.41) is 3.21. The first kappa shape index (κ1) is 16.4. The summed E-state index contributed by atoms with van der Waals surface area (Å²) < 4.78 is 5.47. The average molecular weight is 326 g/mol. The van der Waals surface area contributed by atoms with Gasteiger partial charge in [-0.2, -0.15) is 0 Å². The van der Waals surface area contributed by atoms with Crippen molar-refractivity contribution in [2.45, 2.75) is 20.0 Å². The number of rotatable bonds is 4. The molecule has 2 heterocycles. The molecule has 0 aliphatic carbocycles. The largest absolute Gasteiger partial charge is 0.376 e. The quantitative estimate of drug-likeness (QED) is 0.932. The first-order chi connectivity index (χ1) is 11.6. The number of morpholine rings is 1. The van der Waals surface area contributed by atoms with Crippen LogP contribution in [0, 0.1) is 6.92 Å². The molecule has 0 spiro atoms. The van der Waals surface area contributed by atoms with Gasteiger partial charge in [0.2, 0.25) is 5.91 Å². The van der Waals surface area contributed by atoms with Crippen molar-refractivity contribution in [3.05, 3.63) is 42.4 Å². The Hall–Kier alpha value is -2.47. The summed E-state index contributed by atoms with van der Waals surface area (Å²) in [5.74, 6) is 0.830. The highest BCUT2D eigenvalue weighted by Crippen LogP contribution is 2.20. The lowest BCUT2D eigenvalue weighted by Crippen LogP contribution is -2.46.